The Kier molecular flexibility index (Phi) is 6.77. The Morgan fingerprint density at radius 2 is 2.04 bits per heavy atom. The average molecular weight is 399 g/mol. The quantitative estimate of drug-likeness (QED) is 0.692. The number of hydrogen-bond acceptors (Lipinski definition) is 4. The number of nitrogens with zero attached hydrogens (tertiary/aromatic N) is 3. The maximum Gasteiger partial charge on any atom is 0.272 e. The number of aromatic nitrogens is 2. The molecule has 0 spiro atoms. The van der Waals surface area contributed by atoms with E-state index in [1.165, 1.54) is 0 Å². The summed E-state index contributed by atoms with van der Waals surface area (Å²) in [7, 11) is 4.01. The first kappa shape index (κ1) is 21.7. The number of likely N-dealkylation sites (N-methyl/N-ethyl adjacent to an activating group) is 2. The molecule has 0 radical (unpaired) electrons. The number of nitrogens with one attached hydrogen (secondary N) is 1. The lowest BCUT2D eigenvalue weighted by Crippen LogP contribution is -2.30. The van der Waals surface area contributed by atoms with Crippen molar-refractivity contribution in [1.29, 1.82) is 0 Å². The summed E-state index contributed by atoms with van der Waals surface area (Å²) in [5.41, 5.74) is 3.10. The topological polar surface area (TPSA) is 42.3 Å². The summed E-state index contributed by atoms with van der Waals surface area (Å²) in [6, 6.07) is 0. The lowest BCUT2D eigenvalue weighted by atomic mass is 9.70. The maximum atomic E-state index is 14.0. The van der Waals surface area contributed by atoms with Crippen molar-refractivity contribution in [2.24, 2.45) is 5.41 Å². The first-order valence-corrected chi connectivity index (χ1v) is 10.6. The van der Waals surface area contributed by atoms with Crippen LogP contribution < -0.4 is 5.32 Å². The molecule has 2 aliphatic rings. The van der Waals surface area contributed by atoms with Gasteiger partial charge >= 0.3 is 0 Å². The molecule has 0 aromatic carbocycles. The van der Waals surface area contributed by atoms with Gasteiger partial charge in [0, 0.05) is 37.5 Å². The van der Waals surface area contributed by atoms with Crippen LogP contribution in [0.3, 0.4) is 0 Å². The molecule has 1 aliphatic carbocycles. The Hall–Kier alpha value is -1.05. The van der Waals surface area contributed by atoms with Crippen molar-refractivity contribution in [2.45, 2.75) is 70.9 Å². The number of ether oxygens (including phenoxy) is 1. The van der Waals surface area contributed by atoms with Gasteiger partial charge in [0.1, 0.15) is 6.54 Å². The smallest absolute Gasteiger partial charge is 0.272 e. The molecule has 160 valence electrons. The third-order valence-corrected chi connectivity index (χ3v) is 6.40. The summed E-state index contributed by atoms with van der Waals surface area (Å²) < 4.78 is 35.4. The second-order valence-corrected chi connectivity index (χ2v) is 9.06. The molecule has 1 aliphatic heterocycles. The largest absolute Gasteiger partial charge is 0.381 e. The van der Waals surface area contributed by atoms with Gasteiger partial charge in [-0.3, -0.25) is 9.58 Å². The molecular weight excluding hydrogens is 362 g/mol. The van der Waals surface area contributed by atoms with Gasteiger partial charge in [-0.2, -0.15) is 5.10 Å². The van der Waals surface area contributed by atoms with E-state index in [0.717, 1.165) is 75.5 Å². The first-order valence-electron chi connectivity index (χ1n) is 10.6. The molecule has 1 saturated carbocycles. The van der Waals surface area contributed by atoms with Crippen LogP contribution >= 0.6 is 0 Å². The minimum atomic E-state index is -2.66. The Balaban J connectivity index is 1.77. The number of halogens is 2. The molecular formula is C21H36F2N4O. The van der Waals surface area contributed by atoms with E-state index in [1.807, 2.05) is 14.0 Å². The van der Waals surface area contributed by atoms with E-state index in [4.69, 9.17) is 4.74 Å². The second-order valence-electron chi connectivity index (χ2n) is 9.06. The molecule has 1 N–H and O–H groups in total. The normalized spacial score (nSPS) is 26.8. The third kappa shape index (κ3) is 4.92. The summed E-state index contributed by atoms with van der Waals surface area (Å²) >= 11 is 0. The first-order chi connectivity index (χ1) is 13.3. The van der Waals surface area contributed by atoms with E-state index in [0.29, 0.717) is 5.92 Å². The fourth-order valence-corrected chi connectivity index (χ4v) is 4.72. The lowest BCUT2D eigenvalue weighted by molar-refractivity contribution is 0.000581. The summed E-state index contributed by atoms with van der Waals surface area (Å²) in [5, 5.41) is 7.80. The molecule has 2 heterocycles. The molecule has 7 heteroatoms. The van der Waals surface area contributed by atoms with Crippen LogP contribution in [0.4, 0.5) is 8.78 Å². The molecule has 1 fully saturated rings. The van der Waals surface area contributed by atoms with Crippen molar-refractivity contribution in [3.05, 3.63) is 17.0 Å². The third-order valence-electron chi connectivity index (χ3n) is 6.40. The molecule has 0 amide bonds. The van der Waals surface area contributed by atoms with E-state index in [1.54, 1.807) is 4.68 Å². The van der Waals surface area contributed by atoms with Crippen molar-refractivity contribution in [1.82, 2.24) is 20.0 Å². The van der Waals surface area contributed by atoms with E-state index < -0.39 is 5.92 Å². The highest BCUT2D eigenvalue weighted by atomic mass is 19.3. The number of fused-ring (bicyclic) bond motifs is 1. The van der Waals surface area contributed by atoms with Gasteiger partial charge in [-0.1, -0.05) is 6.92 Å². The molecule has 0 atom stereocenters. The van der Waals surface area contributed by atoms with Crippen LogP contribution in [-0.4, -0.2) is 61.0 Å². The van der Waals surface area contributed by atoms with Gasteiger partial charge in [-0.15, -0.1) is 0 Å². The van der Waals surface area contributed by atoms with Crippen LogP contribution in [0.1, 0.15) is 62.4 Å². The Morgan fingerprint density at radius 3 is 2.68 bits per heavy atom. The summed E-state index contributed by atoms with van der Waals surface area (Å²) in [6.07, 6.45) is 4.05. The highest BCUT2D eigenvalue weighted by Gasteiger charge is 2.43. The van der Waals surface area contributed by atoms with Crippen molar-refractivity contribution in [3.8, 4) is 0 Å². The zero-order valence-electron chi connectivity index (χ0n) is 17.9. The predicted molar refractivity (Wildman–Crippen MR) is 107 cm³/mol. The monoisotopic (exact) mass is 398 g/mol. The highest BCUT2D eigenvalue weighted by Crippen LogP contribution is 2.46. The summed E-state index contributed by atoms with van der Waals surface area (Å²) in [4.78, 5) is 2.22. The fraction of sp³-hybridized carbons (Fsp3) is 0.857. The number of rotatable bonds is 9. The molecule has 5 nitrogen and oxygen atoms in total. The molecule has 1 aromatic heterocycles. The molecule has 0 unspecified atom stereocenters. The van der Waals surface area contributed by atoms with Crippen LogP contribution in [0.5, 0.6) is 0 Å². The molecule has 0 bridgehead atoms. The van der Waals surface area contributed by atoms with Gasteiger partial charge in [0.15, 0.2) is 0 Å². The fourth-order valence-electron chi connectivity index (χ4n) is 4.72. The molecule has 28 heavy (non-hydrogen) atoms. The Labute approximate surface area is 167 Å². The summed E-state index contributed by atoms with van der Waals surface area (Å²) in [5.74, 6) is -2.33. The molecule has 3 rings (SSSR count). The van der Waals surface area contributed by atoms with Crippen molar-refractivity contribution >= 4 is 0 Å². The van der Waals surface area contributed by atoms with Crippen molar-refractivity contribution < 1.29 is 13.5 Å². The maximum absolute atomic E-state index is 14.0. The van der Waals surface area contributed by atoms with E-state index in [9.17, 15) is 8.78 Å². The Morgan fingerprint density at radius 1 is 1.32 bits per heavy atom. The van der Waals surface area contributed by atoms with Gasteiger partial charge in [-0.25, -0.2) is 8.78 Å². The molecule has 1 aromatic rings. The number of alkyl halides is 2. The standard InChI is InChI=1S/C21H36F2N4O/c1-5-28-15-20(2)8-6-16(7-9-20)19-17(13-26(4)11-10-24-3)25-27-14-21(22,23)12-18(19)27/h16,24H,5-15H2,1-4H3/t16-,20+. The van der Waals surface area contributed by atoms with Gasteiger partial charge in [0.05, 0.1) is 18.7 Å². The predicted octanol–water partition coefficient (Wildman–Crippen LogP) is 3.43. The summed E-state index contributed by atoms with van der Waals surface area (Å²) in [6.45, 7) is 8.11. The van der Waals surface area contributed by atoms with Crippen LogP contribution in [0, 0.1) is 5.41 Å². The highest BCUT2D eigenvalue weighted by molar-refractivity contribution is 5.34. The van der Waals surface area contributed by atoms with E-state index in [-0.39, 0.29) is 18.4 Å². The molecule has 0 saturated heterocycles. The van der Waals surface area contributed by atoms with E-state index >= 15 is 0 Å². The minimum Gasteiger partial charge on any atom is -0.381 e. The van der Waals surface area contributed by atoms with Gasteiger partial charge in [0.25, 0.3) is 5.92 Å². The van der Waals surface area contributed by atoms with E-state index in [2.05, 4.69) is 29.3 Å². The lowest BCUT2D eigenvalue weighted by Gasteiger charge is -2.37. The van der Waals surface area contributed by atoms with Crippen molar-refractivity contribution in [3.63, 3.8) is 0 Å². The van der Waals surface area contributed by atoms with Crippen LogP contribution in [0.25, 0.3) is 0 Å². The van der Waals surface area contributed by atoms with Gasteiger partial charge in [0.2, 0.25) is 0 Å². The zero-order chi connectivity index (χ0) is 20.4. The van der Waals surface area contributed by atoms with Crippen LogP contribution in [-0.2, 0) is 24.2 Å². The average Bonchev–Trinajstić information content (AvgIpc) is 3.10. The van der Waals surface area contributed by atoms with Crippen LogP contribution in [0.2, 0.25) is 0 Å². The van der Waals surface area contributed by atoms with Gasteiger partial charge < -0.3 is 10.1 Å². The van der Waals surface area contributed by atoms with Gasteiger partial charge in [-0.05, 0) is 58.0 Å². The number of hydrogen-bond donors (Lipinski definition) is 1. The van der Waals surface area contributed by atoms with Crippen molar-refractivity contribution in [2.75, 3.05) is 40.4 Å². The van der Waals surface area contributed by atoms with Crippen LogP contribution in [0.15, 0.2) is 0 Å². The minimum absolute atomic E-state index is 0.164. The SMILES string of the molecule is CCOC[C@]1(C)CC[C@H](c2c(CN(C)CCNC)nn3c2CC(F)(F)C3)CC1. The Bertz CT molecular complexity index is 653. The second kappa shape index (κ2) is 8.76. The zero-order valence-corrected chi connectivity index (χ0v) is 17.9.